The van der Waals surface area contributed by atoms with Gasteiger partial charge in [-0.15, -0.1) is 0 Å². The lowest BCUT2D eigenvalue weighted by Crippen LogP contribution is -2.08. The van der Waals surface area contributed by atoms with E-state index in [-0.39, 0.29) is 5.69 Å². The second-order valence-corrected chi connectivity index (χ2v) is 2.98. The number of carbonyl (C=O) groups is 1. The zero-order valence-electron chi connectivity index (χ0n) is 7.80. The van der Waals surface area contributed by atoms with Crippen LogP contribution in [0.1, 0.15) is 23.4 Å². The Morgan fingerprint density at radius 1 is 1.60 bits per heavy atom. The lowest BCUT2D eigenvalue weighted by molar-refractivity contribution is -0.136. The Morgan fingerprint density at radius 3 is 2.67 bits per heavy atom. The third-order valence-corrected chi connectivity index (χ3v) is 1.74. The van der Waals surface area contributed by atoms with E-state index in [1.54, 1.807) is 0 Å². The Hall–Kier alpha value is -1.59. The first-order valence-corrected chi connectivity index (χ1v) is 4.07. The van der Waals surface area contributed by atoms with Crippen molar-refractivity contribution in [1.82, 2.24) is 4.98 Å². The Balaban J connectivity index is 3.21. The summed E-state index contributed by atoms with van der Waals surface area (Å²) in [6, 6.07) is 0.908. The van der Waals surface area contributed by atoms with Crippen LogP contribution < -0.4 is 0 Å². The maximum Gasteiger partial charge on any atom is 0.309 e. The van der Waals surface area contributed by atoms with Crippen LogP contribution in [0.3, 0.4) is 0 Å². The van der Waals surface area contributed by atoms with Gasteiger partial charge in [0.25, 0.3) is 6.43 Å². The van der Waals surface area contributed by atoms with Gasteiger partial charge in [0.05, 0.1) is 17.7 Å². The minimum Gasteiger partial charge on any atom is -0.481 e. The number of aliphatic carboxylic acids is 1. The number of aryl methyl sites for hydroxylation is 1. The average Bonchev–Trinajstić information content (AvgIpc) is 2.09. The Labute approximate surface area is 83.6 Å². The fraction of sp³-hybridized carbons (Fsp3) is 0.333. The number of hydrogen-bond donors (Lipinski definition) is 1. The molecular weight excluding hydrogens is 211 g/mol. The molecular formula is C9H8F3NO2. The van der Waals surface area contributed by atoms with E-state index in [4.69, 9.17) is 5.11 Å². The summed E-state index contributed by atoms with van der Waals surface area (Å²) in [7, 11) is 0. The zero-order valence-corrected chi connectivity index (χ0v) is 7.80. The van der Waals surface area contributed by atoms with Crippen molar-refractivity contribution < 1.29 is 23.1 Å². The molecule has 0 saturated heterocycles. The van der Waals surface area contributed by atoms with E-state index in [9.17, 15) is 18.0 Å². The van der Waals surface area contributed by atoms with Gasteiger partial charge in [0, 0.05) is 5.69 Å². The molecule has 0 aliphatic rings. The van der Waals surface area contributed by atoms with Crippen molar-refractivity contribution in [3.63, 3.8) is 0 Å². The Kier molecular flexibility index (Phi) is 3.28. The van der Waals surface area contributed by atoms with Crippen LogP contribution in [0.15, 0.2) is 6.07 Å². The van der Waals surface area contributed by atoms with Crippen molar-refractivity contribution in [3.05, 3.63) is 28.8 Å². The Morgan fingerprint density at radius 2 is 2.20 bits per heavy atom. The van der Waals surface area contributed by atoms with E-state index in [2.05, 4.69) is 4.98 Å². The molecule has 1 rings (SSSR count). The van der Waals surface area contributed by atoms with E-state index in [1.807, 2.05) is 0 Å². The number of carboxylic acids is 1. The van der Waals surface area contributed by atoms with Crippen molar-refractivity contribution in [2.45, 2.75) is 19.8 Å². The summed E-state index contributed by atoms with van der Waals surface area (Å²) in [4.78, 5) is 13.9. The van der Waals surface area contributed by atoms with Gasteiger partial charge in [0.2, 0.25) is 0 Å². The molecule has 1 aromatic rings. The van der Waals surface area contributed by atoms with Crippen molar-refractivity contribution in [1.29, 1.82) is 0 Å². The zero-order chi connectivity index (χ0) is 11.6. The normalized spacial score (nSPS) is 10.7. The van der Waals surface area contributed by atoms with Crippen LogP contribution in [0, 0.1) is 12.7 Å². The van der Waals surface area contributed by atoms with Gasteiger partial charge >= 0.3 is 5.97 Å². The van der Waals surface area contributed by atoms with Crippen molar-refractivity contribution in [2.75, 3.05) is 0 Å². The standard InChI is InChI=1S/C9H8F3NO2/c1-4-2-5(9(11)12)8(10)6(13-4)3-7(14)15/h2,9H,3H2,1H3,(H,14,15). The summed E-state index contributed by atoms with van der Waals surface area (Å²) >= 11 is 0. The number of aromatic nitrogens is 1. The molecule has 0 atom stereocenters. The highest BCUT2D eigenvalue weighted by molar-refractivity contribution is 5.69. The lowest BCUT2D eigenvalue weighted by Gasteiger charge is -2.07. The fourth-order valence-electron chi connectivity index (χ4n) is 1.17. The molecule has 1 aromatic heterocycles. The van der Waals surface area contributed by atoms with Crippen LogP contribution in [0.2, 0.25) is 0 Å². The van der Waals surface area contributed by atoms with Crippen LogP contribution in [0.25, 0.3) is 0 Å². The number of halogens is 3. The minimum absolute atomic E-state index is 0.169. The second-order valence-electron chi connectivity index (χ2n) is 2.98. The fourth-order valence-corrected chi connectivity index (χ4v) is 1.17. The average molecular weight is 219 g/mol. The summed E-state index contributed by atoms with van der Waals surface area (Å²) in [5, 5.41) is 8.42. The van der Waals surface area contributed by atoms with Crippen molar-refractivity contribution in [3.8, 4) is 0 Å². The molecule has 1 N–H and O–H groups in total. The van der Waals surface area contributed by atoms with E-state index >= 15 is 0 Å². The second kappa shape index (κ2) is 4.29. The molecule has 0 spiro atoms. The lowest BCUT2D eigenvalue weighted by atomic mass is 10.1. The SMILES string of the molecule is Cc1cc(C(F)F)c(F)c(CC(=O)O)n1. The molecule has 0 unspecified atom stereocenters. The molecule has 3 nitrogen and oxygen atoms in total. The summed E-state index contributed by atoms with van der Waals surface area (Å²) in [6.07, 6.45) is -3.67. The number of pyridine rings is 1. The monoisotopic (exact) mass is 219 g/mol. The first-order valence-electron chi connectivity index (χ1n) is 4.07. The first-order chi connectivity index (χ1) is 6.91. The molecule has 0 aliphatic carbocycles. The van der Waals surface area contributed by atoms with Gasteiger partial charge in [-0.1, -0.05) is 0 Å². The first kappa shape index (κ1) is 11.5. The maximum atomic E-state index is 13.3. The molecule has 82 valence electrons. The highest BCUT2D eigenvalue weighted by Gasteiger charge is 2.19. The summed E-state index contributed by atoms with van der Waals surface area (Å²) in [6.45, 7) is 1.40. The molecule has 0 bridgehead atoms. The van der Waals surface area contributed by atoms with Crippen molar-refractivity contribution >= 4 is 5.97 Å². The van der Waals surface area contributed by atoms with E-state index < -0.39 is 35.9 Å². The number of carboxylic acid groups (broad SMARTS) is 1. The summed E-state index contributed by atoms with van der Waals surface area (Å²) in [5.74, 6) is -2.55. The van der Waals surface area contributed by atoms with Crippen LogP contribution >= 0.6 is 0 Å². The largest absolute Gasteiger partial charge is 0.481 e. The van der Waals surface area contributed by atoms with Crippen LogP contribution in [-0.2, 0) is 11.2 Å². The molecule has 0 aromatic carbocycles. The van der Waals surface area contributed by atoms with Gasteiger partial charge in [-0.2, -0.15) is 0 Å². The smallest absolute Gasteiger partial charge is 0.309 e. The van der Waals surface area contributed by atoms with Crippen LogP contribution in [0.4, 0.5) is 13.2 Å². The van der Waals surface area contributed by atoms with Crippen LogP contribution in [-0.4, -0.2) is 16.1 Å². The van der Waals surface area contributed by atoms with E-state index in [0.29, 0.717) is 0 Å². The van der Waals surface area contributed by atoms with Crippen molar-refractivity contribution in [2.24, 2.45) is 0 Å². The third-order valence-electron chi connectivity index (χ3n) is 1.74. The number of nitrogens with zero attached hydrogens (tertiary/aromatic N) is 1. The highest BCUT2D eigenvalue weighted by atomic mass is 19.3. The highest BCUT2D eigenvalue weighted by Crippen LogP contribution is 2.24. The molecule has 0 radical (unpaired) electrons. The van der Waals surface area contributed by atoms with E-state index in [1.165, 1.54) is 6.92 Å². The van der Waals surface area contributed by atoms with Gasteiger partial charge in [0.1, 0.15) is 0 Å². The number of hydrogen-bond acceptors (Lipinski definition) is 2. The van der Waals surface area contributed by atoms with Gasteiger partial charge in [-0.05, 0) is 13.0 Å². The molecule has 15 heavy (non-hydrogen) atoms. The molecule has 1 heterocycles. The number of rotatable bonds is 3. The van der Waals surface area contributed by atoms with Gasteiger partial charge < -0.3 is 5.11 Å². The molecule has 0 saturated carbocycles. The maximum absolute atomic E-state index is 13.3. The van der Waals surface area contributed by atoms with E-state index in [0.717, 1.165) is 6.07 Å². The predicted octanol–water partition coefficient (Wildman–Crippen LogP) is 2.09. The number of alkyl halides is 2. The molecule has 0 fully saturated rings. The molecule has 0 amide bonds. The topological polar surface area (TPSA) is 50.2 Å². The van der Waals surface area contributed by atoms with Gasteiger partial charge in [-0.3, -0.25) is 9.78 Å². The van der Waals surface area contributed by atoms with Gasteiger partial charge in [-0.25, -0.2) is 13.2 Å². The third kappa shape index (κ3) is 2.68. The quantitative estimate of drug-likeness (QED) is 0.846. The Bertz CT molecular complexity index is 393. The van der Waals surface area contributed by atoms with Crippen LogP contribution in [0.5, 0.6) is 0 Å². The predicted molar refractivity (Wildman–Crippen MR) is 45.2 cm³/mol. The molecule has 6 heteroatoms. The van der Waals surface area contributed by atoms with Gasteiger partial charge in [0.15, 0.2) is 5.82 Å². The molecule has 0 aliphatic heterocycles. The summed E-state index contributed by atoms with van der Waals surface area (Å²) < 4.78 is 37.9. The minimum atomic E-state index is -2.97. The summed E-state index contributed by atoms with van der Waals surface area (Å²) in [5.41, 5.74) is -1.10.